The van der Waals surface area contributed by atoms with Gasteiger partial charge in [0.15, 0.2) is 0 Å². The maximum Gasteiger partial charge on any atom is 0.126 e. The Kier molecular flexibility index (Phi) is 3.73. The average Bonchev–Trinajstić information content (AvgIpc) is 3.17. The van der Waals surface area contributed by atoms with E-state index in [-0.39, 0.29) is 0 Å². The van der Waals surface area contributed by atoms with Crippen molar-refractivity contribution in [1.82, 2.24) is 5.32 Å². The van der Waals surface area contributed by atoms with Crippen LogP contribution in [0.1, 0.15) is 16.7 Å². The molecule has 0 spiro atoms. The molecule has 0 saturated carbocycles. The zero-order valence-electron chi connectivity index (χ0n) is 12.7. The van der Waals surface area contributed by atoms with E-state index in [2.05, 4.69) is 29.6 Å². The highest BCUT2D eigenvalue weighted by molar-refractivity contribution is 5.46. The van der Waals surface area contributed by atoms with Gasteiger partial charge in [0.25, 0.3) is 0 Å². The van der Waals surface area contributed by atoms with Gasteiger partial charge in [-0.1, -0.05) is 30.3 Å². The number of rotatable bonds is 5. The second-order valence-corrected chi connectivity index (χ2v) is 6.01. The van der Waals surface area contributed by atoms with Gasteiger partial charge in [-0.2, -0.15) is 0 Å². The third-order valence-corrected chi connectivity index (χ3v) is 4.54. The maximum atomic E-state index is 5.94. The Morgan fingerprint density at radius 3 is 2.68 bits per heavy atom. The lowest BCUT2D eigenvalue weighted by atomic mass is 10.1. The number of hydrogen-bond acceptors (Lipinski definition) is 3. The maximum absolute atomic E-state index is 5.94. The summed E-state index contributed by atoms with van der Waals surface area (Å²) in [7, 11) is 0. The molecule has 3 nitrogen and oxygen atoms in total. The first kappa shape index (κ1) is 13.6. The van der Waals surface area contributed by atoms with E-state index in [1.165, 1.54) is 16.7 Å². The minimum atomic E-state index is 0.547. The predicted octanol–water partition coefficient (Wildman–Crippen LogP) is 2.76. The molecule has 1 aliphatic heterocycles. The summed E-state index contributed by atoms with van der Waals surface area (Å²) < 4.78 is 11.5. The SMILES string of the molecule is c1ccc2c(c1)CC(NCCOc1cccc3c1CCO3)C2. The van der Waals surface area contributed by atoms with Crippen LogP contribution in [0.5, 0.6) is 11.5 Å². The van der Waals surface area contributed by atoms with E-state index in [1.54, 1.807) is 0 Å². The summed E-state index contributed by atoms with van der Waals surface area (Å²) in [6.07, 6.45) is 3.21. The first-order chi connectivity index (χ1) is 10.9. The predicted molar refractivity (Wildman–Crippen MR) is 86.8 cm³/mol. The number of nitrogens with one attached hydrogen (secondary N) is 1. The summed E-state index contributed by atoms with van der Waals surface area (Å²) in [6, 6.07) is 15.3. The number of hydrogen-bond donors (Lipinski definition) is 1. The zero-order valence-corrected chi connectivity index (χ0v) is 12.7. The fourth-order valence-corrected chi connectivity index (χ4v) is 3.45. The average molecular weight is 295 g/mol. The smallest absolute Gasteiger partial charge is 0.126 e. The highest BCUT2D eigenvalue weighted by Gasteiger charge is 2.20. The molecule has 4 rings (SSSR count). The van der Waals surface area contributed by atoms with Crippen molar-refractivity contribution in [3.63, 3.8) is 0 Å². The Balaban J connectivity index is 1.26. The first-order valence-electron chi connectivity index (χ1n) is 8.08. The van der Waals surface area contributed by atoms with Crippen molar-refractivity contribution in [3.8, 4) is 11.5 Å². The molecule has 1 heterocycles. The number of fused-ring (bicyclic) bond motifs is 2. The van der Waals surface area contributed by atoms with Crippen LogP contribution in [0.4, 0.5) is 0 Å². The molecule has 0 saturated heterocycles. The zero-order chi connectivity index (χ0) is 14.8. The van der Waals surface area contributed by atoms with Crippen LogP contribution in [0, 0.1) is 0 Å². The largest absolute Gasteiger partial charge is 0.493 e. The quantitative estimate of drug-likeness (QED) is 0.860. The van der Waals surface area contributed by atoms with E-state index in [0.717, 1.165) is 43.9 Å². The van der Waals surface area contributed by atoms with Crippen LogP contribution in [0.15, 0.2) is 42.5 Å². The lowest BCUT2D eigenvalue weighted by Gasteiger charge is -2.14. The van der Waals surface area contributed by atoms with Crippen LogP contribution >= 0.6 is 0 Å². The lowest BCUT2D eigenvalue weighted by Crippen LogP contribution is -2.33. The first-order valence-corrected chi connectivity index (χ1v) is 8.08. The molecule has 2 aliphatic rings. The van der Waals surface area contributed by atoms with E-state index in [1.807, 2.05) is 18.2 Å². The van der Waals surface area contributed by atoms with Gasteiger partial charge < -0.3 is 14.8 Å². The van der Waals surface area contributed by atoms with Crippen LogP contribution in [-0.4, -0.2) is 25.8 Å². The van der Waals surface area contributed by atoms with Crippen LogP contribution < -0.4 is 14.8 Å². The third-order valence-electron chi connectivity index (χ3n) is 4.54. The molecule has 0 fully saturated rings. The van der Waals surface area contributed by atoms with Gasteiger partial charge >= 0.3 is 0 Å². The second-order valence-electron chi connectivity index (χ2n) is 6.01. The molecule has 0 unspecified atom stereocenters. The topological polar surface area (TPSA) is 30.5 Å². The van der Waals surface area contributed by atoms with Crippen molar-refractivity contribution >= 4 is 0 Å². The van der Waals surface area contributed by atoms with Crippen molar-refractivity contribution < 1.29 is 9.47 Å². The Labute approximate surface area is 131 Å². The molecule has 1 aliphatic carbocycles. The van der Waals surface area contributed by atoms with Crippen LogP contribution in [0.2, 0.25) is 0 Å². The molecule has 114 valence electrons. The third kappa shape index (κ3) is 2.69. The molecule has 22 heavy (non-hydrogen) atoms. The van der Waals surface area contributed by atoms with Crippen molar-refractivity contribution in [3.05, 3.63) is 59.2 Å². The van der Waals surface area contributed by atoms with Gasteiger partial charge in [-0.15, -0.1) is 0 Å². The van der Waals surface area contributed by atoms with Gasteiger partial charge in [0.05, 0.1) is 6.61 Å². The molecule has 3 heteroatoms. The highest BCUT2D eigenvalue weighted by Crippen LogP contribution is 2.33. The molecule has 1 N–H and O–H groups in total. The minimum absolute atomic E-state index is 0.547. The van der Waals surface area contributed by atoms with E-state index in [9.17, 15) is 0 Å². The Morgan fingerprint density at radius 1 is 1.05 bits per heavy atom. The van der Waals surface area contributed by atoms with E-state index in [4.69, 9.17) is 9.47 Å². The van der Waals surface area contributed by atoms with Crippen molar-refractivity contribution in [2.24, 2.45) is 0 Å². The molecule has 0 bridgehead atoms. The standard InChI is InChI=1S/C19H21NO2/c1-2-5-15-13-16(12-14(15)4-1)20-9-11-22-19-7-3-6-18-17(19)8-10-21-18/h1-7,16,20H,8-13H2. The summed E-state index contributed by atoms with van der Waals surface area (Å²) >= 11 is 0. The summed E-state index contributed by atoms with van der Waals surface area (Å²) in [6.45, 7) is 2.35. The molecule has 2 aromatic carbocycles. The normalized spacial score (nSPS) is 16.2. The van der Waals surface area contributed by atoms with E-state index < -0.39 is 0 Å². The van der Waals surface area contributed by atoms with Crippen molar-refractivity contribution in [2.45, 2.75) is 25.3 Å². The fourth-order valence-electron chi connectivity index (χ4n) is 3.45. The van der Waals surface area contributed by atoms with Crippen LogP contribution in [0.25, 0.3) is 0 Å². The van der Waals surface area contributed by atoms with Crippen molar-refractivity contribution in [1.29, 1.82) is 0 Å². The van der Waals surface area contributed by atoms with Gasteiger partial charge in [0.2, 0.25) is 0 Å². The fraction of sp³-hybridized carbons (Fsp3) is 0.368. The number of benzene rings is 2. The summed E-state index contributed by atoms with van der Waals surface area (Å²) in [5.41, 5.74) is 4.19. The second kappa shape index (κ2) is 6.01. The van der Waals surface area contributed by atoms with Gasteiger partial charge in [-0.3, -0.25) is 0 Å². The molecule has 0 radical (unpaired) electrons. The molecular weight excluding hydrogens is 274 g/mol. The summed E-state index contributed by atoms with van der Waals surface area (Å²) in [4.78, 5) is 0. The van der Waals surface area contributed by atoms with Crippen LogP contribution in [-0.2, 0) is 19.3 Å². The molecule has 0 amide bonds. The van der Waals surface area contributed by atoms with Crippen LogP contribution in [0.3, 0.4) is 0 Å². The lowest BCUT2D eigenvalue weighted by molar-refractivity contribution is 0.303. The van der Waals surface area contributed by atoms with Gasteiger partial charge in [-0.25, -0.2) is 0 Å². The molecular formula is C19H21NO2. The molecule has 0 atom stereocenters. The van der Waals surface area contributed by atoms with E-state index >= 15 is 0 Å². The Hall–Kier alpha value is -2.00. The van der Waals surface area contributed by atoms with Gasteiger partial charge in [0, 0.05) is 24.6 Å². The molecule has 0 aromatic heterocycles. The van der Waals surface area contributed by atoms with E-state index in [0.29, 0.717) is 12.6 Å². The monoisotopic (exact) mass is 295 g/mol. The summed E-state index contributed by atoms with van der Waals surface area (Å²) in [5.74, 6) is 1.96. The number of ether oxygens (including phenoxy) is 2. The van der Waals surface area contributed by atoms with Gasteiger partial charge in [-0.05, 0) is 36.1 Å². The highest BCUT2D eigenvalue weighted by atomic mass is 16.5. The van der Waals surface area contributed by atoms with Gasteiger partial charge in [0.1, 0.15) is 18.1 Å². The minimum Gasteiger partial charge on any atom is -0.493 e. The summed E-state index contributed by atoms with van der Waals surface area (Å²) in [5, 5.41) is 3.61. The molecule has 2 aromatic rings. The Bertz CT molecular complexity index is 643. The van der Waals surface area contributed by atoms with Crippen molar-refractivity contribution in [2.75, 3.05) is 19.8 Å². The Morgan fingerprint density at radius 2 is 1.86 bits per heavy atom.